The Morgan fingerprint density at radius 2 is 1.65 bits per heavy atom. The third-order valence-electron chi connectivity index (χ3n) is 4.24. The molecule has 1 atom stereocenters. The minimum Gasteiger partial charge on any atom is -0.368 e. The van der Waals surface area contributed by atoms with Crippen LogP contribution < -0.4 is 16.4 Å². The van der Waals surface area contributed by atoms with Gasteiger partial charge in [0, 0.05) is 16.1 Å². The Morgan fingerprint density at radius 1 is 0.935 bits per heavy atom. The summed E-state index contributed by atoms with van der Waals surface area (Å²) < 4.78 is 14.2. The zero-order valence-corrected chi connectivity index (χ0v) is 17.2. The van der Waals surface area contributed by atoms with Crippen molar-refractivity contribution in [2.24, 2.45) is 5.73 Å². The summed E-state index contributed by atoms with van der Waals surface area (Å²) >= 11 is 1.10. The first kappa shape index (κ1) is 22.0. The Morgan fingerprint density at radius 3 is 2.35 bits per heavy atom. The molecule has 0 aliphatic heterocycles. The normalized spacial score (nSPS) is 11.4. The van der Waals surface area contributed by atoms with Crippen LogP contribution in [0.5, 0.6) is 0 Å². The van der Waals surface area contributed by atoms with E-state index in [-0.39, 0.29) is 18.0 Å². The molecular formula is C23H20FN3O3S. The maximum absolute atomic E-state index is 14.2. The summed E-state index contributed by atoms with van der Waals surface area (Å²) in [4.78, 5) is 36.5. The van der Waals surface area contributed by atoms with Gasteiger partial charge in [0.25, 0.3) is 5.91 Å². The quantitative estimate of drug-likeness (QED) is 0.470. The van der Waals surface area contributed by atoms with Gasteiger partial charge in [0.1, 0.15) is 11.1 Å². The van der Waals surface area contributed by atoms with Crippen molar-refractivity contribution in [3.63, 3.8) is 0 Å². The van der Waals surface area contributed by atoms with Crippen molar-refractivity contribution in [2.75, 3.05) is 11.9 Å². The molecule has 3 aromatic rings. The number of anilines is 1. The number of benzene rings is 3. The number of nitrogens with two attached hydrogens (primary N) is 1. The highest BCUT2D eigenvalue weighted by molar-refractivity contribution is 8.00. The molecule has 0 aliphatic carbocycles. The molecule has 6 nitrogen and oxygen atoms in total. The summed E-state index contributed by atoms with van der Waals surface area (Å²) in [6, 6.07) is 21.6. The number of thioether (sulfide) groups is 1. The molecule has 1 unspecified atom stereocenters. The van der Waals surface area contributed by atoms with Crippen LogP contribution >= 0.6 is 11.8 Å². The highest BCUT2D eigenvalue weighted by atomic mass is 32.2. The third kappa shape index (κ3) is 6.16. The van der Waals surface area contributed by atoms with Crippen LogP contribution in [0.25, 0.3) is 0 Å². The molecule has 0 fully saturated rings. The number of halogens is 1. The molecule has 31 heavy (non-hydrogen) atoms. The molecule has 0 saturated heterocycles. The van der Waals surface area contributed by atoms with E-state index in [9.17, 15) is 18.8 Å². The van der Waals surface area contributed by atoms with E-state index < -0.39 is 22.9 Å². The molecule has 0 aliphatic rings. The maximum Gasteiger partial charge on any atom is 0.251 e. The fraction of sp³-hybridized carbons (Fsp3) is 0.0870. The van der Waals surface area contributed by atoms with E-state index in [0.717, 1.165) is 11.8 Å². The lowest BCUT2D eigenvalue weighted by Crippen LogP contribution is -2.33. The molecule has 0 radical (unpaired) electrons. The molecule has 3 amide bonds. The Hall–Kier alpha value is -3.65. The van der Waals surface area contributed by atoms with Crippen LogP contribution in [-0.4, -0.2) is 24.3 Å². The Balaban J connectivity index is 1.81. The van der Waals surface area contributed by atoms with E-state index >= 15 is 0 Å². The zero-order valence-electron chi connectivity index (χ0n) is 16.4. The summed E-state index contributed by atoms with van der Waals surface area (Å²) in [7, 11) is 0. The first-order chi connectivity index (χ1) is 14.9. The van der Waals surface area contributed by atoms with Gasteiger partial charge in [0.05, 0.1) is 6.54 Å². The number of hydrogen-bond donors (Lipinski definition) is 3. The molecule has 0 spiro atoms. The lowest BCUT2D eigenvalue weighted by Gasteiger charge is -2.18. The number of amides is 3. The van der Waals surface area contributed by atoms with Crippen LogP contribution in [0, 0.1) is 5.82 Å². The summed E-state index contributed by atoms with van der Waals surface area (Å²) in [6.45, 7) is -0.287. The first-order valence-corrected chi connectivity index (χ1v) is 10.3. The van der Waals surface area contributed by atoms with Crippen molar-refractivity contribution < 1.29 is 18.8 Å². The summed E-state index contributed by atoms with van der Waals surface area (Å²) in [6.07, 6.45) is 0. The third-order valence-corrected chi connectivity index (χ3v) is 5.54. The molecule has 158 valence electrons. The van der Waals surface area contributed by atoms with E-state index in [1.54, 1.807) is 60.7 Å². The van der Waals surface area contributed by atoms with Crippen molar-refractivity contribution in [1.29, 1.82) is 0 Å². The molecule has 3 aromatic carbocycles. The second-order valence-corrected chi connectivity index (χ2v) is 7.70. The number of nitrogens with one attached hydrogen (secondary N) is 2. The fourth-order valence-corrected chi connectivity index (χ4v) is 3.83. The van der Waals surface area contributed by atoms with E-state index in [0.29, 0.717) is 16.1 Å². The Bertz CT molecular complexity index is 1090. The zero-order chi connectivity index (χ0) is 22.2. The van der Waals surface area contributed by atoms with Gasteiger partial charge < -0.3 is 16.4 Å². The molecule has 3 rings (SSSR count). The monoisotopic (exact) mass is 437 g/mol. The smallest absolute Gasteiger partial charge is 0.251 e. The maximum atomic E-state index is 14.2. The van der Waals surface area contributed by atoms with Crippen molar-refractivity contribution >= 4 is 35.2 Å². The second kappa shape index (κ2) is 10.4. The SMILES string of the molecule is NC(=O)CNC(=O)c1cccc(NC(=O)C(Sc2ccccc2F)c2ccccc2)c1. The highest BCUT2D eigenvalue weighted by Crippen LogP contribution is 2.37. The average Bonchev–Trinajstić information content (AvgIpc) is 2.77. The molecule has 0 aromatic heterocycles. The van der Waals surface area contributed by atoms with Crippen LogP contribution in [0.1, 0.15) is 21.2 Å². The first-order valence-electron chi connectivity index (χ1n) is 9.37. The highest BCUT2D eigenvalue weighted by Gasteiger charge is 2.23. The van der Waals surface area contributed by atoms with Gasteiger partial charge in [0.15, 0.2) is 0 Å². The van der Waals surface area contributed by atoms with Crippen LogP contribution in [0.2, 0.25) is 0 Å². The van der Waals surface area contributed by atoms with Crippen molar-refractivity contribution in [3.8, 4) is 0 Å². The predicted molar refractivity (Wildman–Crippen MR) is 118 cm³/mol. The minimum atomic E-state index is -0.717. The standard InChI is InChI=1S/C23H20FN3O3S/c24-18-11-4-5-12-19(18)31-21(15-7-2-1-3-8-15)23(30)27-17-10-6-9-16(13-17)22(29)26-14-20(25)28/h1-13,21H,14H2,(H2,25,28)(H,26,29)(H,27,30). The number of hydrogen-bond acceptors (Lipinski definition) is 4. The topological polar surface area (TPSA) is 101 Å². The van der Waals surface area contributed by atoms with Gasteiger partial charge >= 0.3 is 0 Å². The number of primary amides is 1. The van der Waals surface area contributed by atoms with Gasteiger partial charge in [-0.15, -0.1) is 11.8 Å². The predicted octanol–water partition coefficient (Wildman–Crippen LogP) is 3.51. The van der Waals surface area contributed by atoms with E-state index in [1.165, 1.54) is 12.1 Å². The van der Waals surface area contributed by atoms with Crippen LogP contribution in [0.3, 0.4) is 0 Å². The largest absolute Gasteiger partial charge is 0.368 e. The van der Waals surface area contributed by atoms with Crippen molar-refractivity contribution in [3.05, 3.63) is 95.8 Å². The number of carbonyl (C=O) groups is 3. The van der Waals surface area contributed by atoms with E-state index in [4.69, 9.17) is 5.73 Å². The van der Waals surface area contributed by atoms with Crippen molar-refractivity contribution in [1.82, 2.24) is 5.32 Å². The lowest BCUT2D eigenvalue weighted by atomic mass is 10.1. The molecule has 4 N–H and O–H groups in total. The Kier molecular flexibility index (Phi) is 7.40. The van der Waals surface area contributed by atoms with Crippen LogP contribution in [-0.2, 0) is 9.59 Å². The summed E-state index contributed by atoms with van der Waals surface area (Å²) in [5.74, 6) is -1.92. The molecule has 0 saturated carbocycles. The van der Waals surface area contributed by atoms with Crippen LogP contribution in [0.4, 0.5) is 10.1 Å². The number of rotatable bonds is 8. The van der Waals surface area contributed by atoms with Gasteiger partial charge in [0.2, 0.25) is 11.8 Å². The van der Waals surface area contributed by atoms with E-state index in [2.05, 4.69) is 10.6 Å². The Labute approximate surface area is 183 Å². The molecular weight excluding hydrogens is 417 g/mol. The van der Waals surface area contributed by atoms with Gasteiger partial charge in [-0.1, -0.05) is 48.5 Å². The van der Waals surface area contributed by atoms with Crippen molar-refractivity contribution in [2.45, 2.75) is 10.1 Å². The van der Waals surface area contributed by atoms with Gasteiger partial charge in [-0.2, -0.15) is 0 Å². The van der Waals surface area contributed by atoms with Gasteiger partial charge in [-0.3, -0.25) is 14.4 Å². The van der Waals surface area contributed by atoms with Gasteiger partial charge in [-0.05, 0) is 35.9 Å². The molecule has 0 heterocycles. The minimum absolute atomic E-state index is 0.261. The fourth-order valence-electron chi connectivity index (χ4n) is 2.78. The average molecular weight is 437 g/mol. The number of carbonyl (C=O) groups excluding carboxylic acids is 3. The lowest BCUT2D eigenvalue weighted by molar-refractivity contribution is -0.117. The molecule has 0 bridgehead atoms. The second-order valence-electron chi connectivity index (χ2n) is 6.56. The van der Waals surface area contributed by atoms with Gasteiger partial charge in [-0.25, -0.2) is 4.39 Å². The van der Waals surface area contributed by atoms with E-state index in [1.807, 2.05) is 6.07 Å². The van der Waals surface area contributed by atoms with Crippen LogP contribution in [0.15, 0.2) is 83.8 Å². The summed E-state index contributed by atoms with van der Waals surface area (Å²) in [5.41, 5.74) is 6.41. The summed E-state index contributed by atoms with van der Waals surface area (Å²) in [5, 5.41) is 4.46. The molecule has 8 heteroatoms.